The van der Waals surface area contributed by atoms with E-state index in [0.29, 0.717) is 37.0 Å². The smallest absolute Gasteiger partial charge is 0.335 e. The van der Waals surface area contributed by atoms with E-state index in [1.165, 1.54) is 30.3 Å². The molecule has 2 aromatic carbocycles. The average Bonchev–Trinajstić information content (AvgIpc) is 3.33. The Balaban J connectivity index is 1.34. The van der Waals surface area contributed by atoms with Gasteiger partial charge in [0.05, 0.1) is 39.4 Å². The minimum absolute atomic E-state index is 0.00220. The van der Waals surface area contributed by atoms with Crippen molar-refractivity contribution in [3.63, 3.8) is 0 Å². The zero-order chi connectivity index (χ0) is 29.5. The summed E-state index contributed by atoms with van der Waals surface area (Å²) in [5.74, 6) is -3.01. The molecule has 41 heavy (non-hydrogen) atoms. The Kier molecular flexibility index (Phi) is 7.67. The number of rotatable bonds is 7. The predicted octanol–water partition coefficient (Wildman–Crippen LogP) is 5.31. The van der Waals surface area contributed by atoms with Crippen LogP contribution in [-0.4, -0.2) is 67.7 Å². The molecule has 0 unspecified atom stereocenters. The molecule has 1 fully saturated rings. The van der Waals surface area contributed by atoms with Gasteiger partial charge in [0.25, 0.3) is 6.01 Å². The normalized spacial score (nSPS) is 14.4. The second-order valence-electron chi connectivity index (χ2n) is 10.6. The number of aromatic carboxylic acids is 1. The van der Waals surface area contributed by atoms with Crippen molar-refractivity contribution in [2.45, 2.75) is 32.8 Å². The lowest BCUT2D eigenvalue weighted by Gasteiger charge is -2.36. The Morgan fingerprint density at radius 1 is 1.07 bits per heavy atom. The summed E-state index contributed by atoms with van der Waals surface area (Å²) < 4.78 is 36.5. The number of fused-ring (bicyclic) bond motifs is 1. The number of aliphatic hydroxyl groups excluding tert-OH is 1. The van der Waals surface area contributed by atoms with E-state index in [0.717, 1.165) is 12.1 Å². The molecule has 1 aliphatic rings. The van der Waals surface area contributed by atoms with E-state index in [4.69, 9.17) is 21.4 Å². The lowest BCUT2D eigenvalue weighted by Crippen LogP contribution is -2.48. The summed E-state index contributed by atoms with van der Waals surface area (Å²) in [6.45, 7) is 4.11. The Bertz CT molecular complexity index is 1610. The fraction of sp³-hybridized carbons (Fsp3) is 0.310. The average molecular weight is 585 g/mol. The molecule has 0 spiro atoms. The van der Waals surface area contributed by atoms with Crippen molar-refractivity contribution in [2.24, 2.45) is 5.41 Å². The Morgan fingerprint density at radius 3 is 2.29 bits per heavy atom. The first-order chi connectivity index (χ1) is 19.5. The number of halogens is 3. The lowest BCUT2D eigenvalue weighted by atomic mass is 9.91. The number of amides is 1. The van der Waals surface area contributed by atoms with Crippen LogP contribution in [-0.2, 0) is 4.79 Å². The molecule has 1 saturated heterocycles. The van der Waals surface area contributed by atoms with Crippen molar-refractivity contribution in [3.05, 3.63) is 64.7 Å². The van der Waals surface area contributed by atoms with Gasteiger partial charge >= 0.3 is 5.97 Å². The number of imidazole rings is 1. The minimum atomic E-state index is -1.10. The number of nitrogens with one attached hydrogen (secondary N) is 1. The number of carboxylic acid groups (broad SMARTS) is 1. The Hall–Kier alpha value is -4.09. The molecule has 1 amide bonds. The molecule has 2 aromatic heterocycles. The highest BCUT2D eigenvalue weighted by Gasteiger charge is 2.34. The number of carbonyl (C=O) groups is 2. The van der Waals surface area contributed by atoms with E-state index in [1.54, 1.807) is 18.7 Å². The molecular formula is C29H27ClF2N4O5. The van der Waals surface area contributed by atoms with Crippen LogP contribution in [0.4, 0.5) is 8.78 Å². The van der Waals surface area contributed by atoms with Gasteiger partial charge in [-0.3, -0.25) is 4.79 Å². The molecule has 214 valence electrons. The number of H-pyrrole nitrogens is 1. The van der Waals surface area contributed by atoms with Crippen molar-refractivity contribution in [3.8, 4) is 28.4 Å². The zero-order valence-corrected chi connectivity index (χ0v) is 23.0. The molecule has 0 bridgehead atoms. The highest BCUT2D eigenvalue weighted by Crippen LogP contribution is 2.35. The molecule has 0 atom stereocenters. The first-order valence-electron chi connectivity index (χ1n) is 12.9. The van der Waals surface area contributed by atoms with Crippen LogP contribution in [0.25, 0.3) is 33.5 Å². The molecule has 5 rings (SSSR count). The number of carbonyl (C=O) groups excluding carboxylic acids is 1. The van der Waals surface area contributed by atoms with Crippen molar-refractivity contribution in [1.82, 2.24) is 19.9 Å². The van der Waals surface area contributed by atoms with Crippen molar-refractivity contribution in [2.75, 3.05) is 19.7 Å². The zero-order valence-electron chi connectivity index (χ0n) is 22.2. The maximum atomic E-state index is 15.2. The summed E-state index contributed by atoms with van der Waals surface area (Å²) in [4.78, 5) is 37.0. The lowest BCUT2D eigenvalue weighted by molar-refractivity contribution is -0.144. The third-order valence-corrected chi connectivity index (χ3v) is 7.42. The van der Waals surface area contributed by atoms with Gasteiger partial charge in [-0.25, -0.2) is 18.6 Å². The fourth-order valence-electron chi connectivity index (χ4n) is 4.73. The third-order valence-electron chi connectivity index (χ3n) is 7.13. The predicted molar refractivity (Wildman–Crippen MR) is 148 cm³/mol. The van der Waals surface area contributed by atoms with Gasteiger partial charge in [0.2, 0.25) is 5.91 Å². The summed E-state index contributed by atoms with van der Waals surface area (Å²) in [5.41, 5.74) is -0.0980. The second kappa shape index (κ2) is 11.1. The van der Waals surface area contributed by atoms with Crippen LogP contribution in [0.5, 0.6) is 6.01 Å². The number of nitrogens with zero attached hydrogens (tertiary/aromatic N) is 3. The topological polar surface area (TPSA) is 129 Å². The number of carboxylic acids is 1. The van der Waals surface area contributed by atoms with Crippen LogP contribution in [0.15, 0.2) is 42.5 Å². The maximum Gasteiger partial charge on any atom is 0.335 e. The van der Waals surface area contributed by atoms with E-state index in [2.05, 4.69) is 15.0 Å². The number of hydrogen-bond acceptors (Lipinski definition) is 6. The molecular weight excluding hydrogens is 558 g/mol. The number of benzene rings is 2. The van der Waals surface area contributed by atoms with Gasteiger partial charge in [0, 0.05) is 25.9 Å². The SMILES string of the molecule is CC(C)(CO)C(=O)N1CCC(Oc2nc3nc(-c4c(F)cc(-c5ccc(C(=O)O)cc5)cc4F)c(Cl)cc3[nH]2)CC1. The number of likely N-dealkylation sites (tertiary alicyclic amines) is 1. The standard InChI is InChI=1S/C29H27ClF2N4O5/c1-29(2,14-37)27(40)36-9-7-18(8-10-36)41-28-33-22-13-19(30)24(34-25(22)35-28)23-20(31)11-17(12-21(23)32)15-3-5-16(6-4-15)26(38)39/h3-6,11-13,18,37H,7-10,14H2,1-2H3,(H,38,39)(H,33,34,35). The van der Waals surface area contributed by atoms with Crippen molar-refractivity contribution in [1.29, 1.82) is 0 Å². The maximum absolute atomic E-state index is 15.2. The second-order valence-corrected chi connectivity index (χ2v) is 11.0. The van der Waals surface area contributed by atoms with Gasteiger partial charge in [0.1, 0.15) is 17.7 Å². The summed E-state index contributed by atoms with van der Waals surface area (Å²) in [6.07, 6.45) is 0.899. The summed E-state index contributed by atoms with van der Waals surface area (Å²) in [6, 6.07) is 9.55. The van der Waals surface area contributed by atoms with Crippen LogP contribution in [0.1, 0.15) is 37.0 Å². The summed E-state index contributed by atoms with van der Waals surface area (Å²) in [7, 11) is 0. The highest BCUT2D eigenvalue weighted by molar-refractivity contribution is 6.33. The van der Waals surface area contributed by atoms with Crippen LogP contribution >= 0.6 is 11.6 Å². The van der Waals surface area contributed by atoms with Gasteiger partial charge < -0.3 is 24.8 Å². The van der Waals surface area contributed by atoms with E-state index >= 15 is 8.78 Å². The number of hydrogen-bond donors (Lipinski definition) is 3. The largest absolute Gasteiger partial charge is 0.478 e. The molecule has 12 heteroatoms. The Labute approximate surface area is 238 Å². The number of pyridine rings is 1. The molecule has 0 aliphatic carbocycles. The van der Waals surface area contributed by atoms with E-state index in [1.807, 2.05) is 0 Å². The molecule has 4 aromatic rings. The molecule has 3 N–H and O–H groups in total. The molecule has 0 saturated carbocycles. The summed E-state index contributed by atoms with van der Waals surface area (Å²) >= 11 is 6.39. The molecule has 3 heterocycles. The monoisotopic (exact) mass is 584 g/mol. The number of aromatic nitrogens is 3. The van der Waals surface area contributed by atoms with Gasteiger partial charge in [-0.15, -0.1) is 0 Å². The van der Waals surface area contributed by atoms with Gasteiger partial charge in [-0.05, 0) is 55.3 Å². The van der Waals surface area contributed by atoms with Crippen molar-refractivity contribution >= 4 is 34.6 Å². The van der Waals surface area contributed by atoms with Crippen molar-refractivity contribution < 1.29 is 33.3 Å². The van der Waals surface area contributed by atoms with E-state index < -0.39 is 28.6 Å². The van der Waals surface area contributed by atoms with E-state index in [9.17, 15) is 14.7 Å². The van der Waals surface area contributed by atoms with E-state index in [-0.39, 0.29) is 52.1 Å². The summed E-state index contributed by atoms with van der Waals surface area (Å²) in [5, 5.41) is 18.5. The minimum Gasteiger partial charge on any atom is -0.478 e. The number of aromatic amines is 1. The van der Waals surface area contributed by atoms with Gasteiger partial charge in [-0.2, -0.15) is 4.98 Å². The van der Waals surface area contributed by atoms with Gasteiger partial charge in [-0.1, -0.05) is 23.7 Å². The van der Waals surface area contributed by atoms with Crippen LogP contribution in [0, 0.1) is 17.0 Å². The molecule has 9 nitrogen and oxygen atoms in total. The number of ether oxygens (including phenoxy) is 1. The van der Waals surface area contributed by atoms with Gasteiger partial charge in [0.15, 0.2) is 5.65 Å². The quantitative estimate of drug-likeness (QED) is 0.268. The van der Waals surface area contributed by atoms with Crippen LogP contribution in [0.3, 0.4) is 0 Å². The highest BCUT2D eigenvalue weighted by atomic mass is 35.5. The van der Waals surface area contributed by atoms with Crippen LogP contribution < -0.4 is 4.74 Å². The first kappa shape index (κ1) is 28.4. The first-order valence-corrected chi connectivity index (χ1v) is 13.3. The van der Waals surface area contributed by atoms with Crippen LogP contribution in [0.2, 0.25) is 5.02 Å². The molecule has 1 aliphatic heterocycles. The fourth-order valence-corrected chi connectivity index (χ4v) is 4.97. The third kappa shape index (κ3) is 5.73. The number of piperidine rings is 1. The molecule has 0 radical (unpaired) electrons. The number of aliphatic hydroxyl groups is 1. The Morgan fingerprint density at radius 2 is 1.71 bits per heavy atom.